The molecule has 0 bridgehead atoms. The Morgan fingerprint density at radius 1 is 1.17 bits per heavy atom. The highest BCUT2D eigenvalue weighted by molar-refractivity contribution is 6.31. The van der Waals surface area contributed by atoms with E-state index < -0.39 is 0 Å². The van der Waals surface area contributed by atoms with Crippen molar-refractivity contribution in [1.29, 1.82) is 0 Å². The fourth-order valence-electron chi connectivity index (χ4n) is 3.14. The van der Waals surface area contributed by atoms with Crippen LogP contribution in [0.3, 0.4) is 0 Å². The first kappa shape index (κ1) is 17.0. The highest BCUT2D eigenvalue weighted by Crippen LogP contribution is 2.28. The SMILES string of the molecule is CC(C)(C)CC(=O)N1CCN(c2ccnc3cc(Cl)ccc23)CC1. The topological polar surface area (TPSA) is 36.4 Å². The lowest BCUT2D eigenvalue weighted by atomic mass is 9.91. The van der Waals surface area contributed by atoms with Gasteiger partial charge in [0.1, 0.15) is 0 Å². The molecule has 1 fully saturated rings. The van der Waals surface area contributed by atoms with Crippen LogP contribution in [0.1, 0.15) is 27.2 Å². The van der Waals surface area contributed by atoms with Crippen LogP contribution in [-0.4, -0.2) is 42.0 Å². The average molecular weight is 346 g/mol. The van der Waals surface area contributed by atoms with Gasteiger partial charge >= 0.3 is 0 Å². The molecule has 0 N–H and O–H groups in total. The maximum Gasteiger partial charge on any atom is 0.223 e. The lowest BCUT2D eigenvalue weighted by Gasteiger charge is -2.37. The molecule has 24 heavy (non-hydrogen) atoms. The highest BCUT2D eigenvalue weighted by atomic mass is 35.5. The van der Waals surface area contributed by atoms with E-state index >= 15 is 0 Å². The van der Waals surface area contributed by atoms with Gasteiger partial charge in [0.25, 0.3) is 0 Å². The lowest BCUT2D eigenvalue weighted by molar-refractivity contribution is -0.133. The standard InChI is InChI=1S/C19H24ClN3O/c1-19(2,3)13-18(24)23-10-8-22(9-11-23)17-6-7-21-16-12-14(20)4-5-15(16)17/h4-7,12H,8-11,13H2,1-3H3. The maximum atomic E-state index is 12.4. The number of hydrogen-bond acceptors (Lipinski definition) is 3. The molecule has 1 aromatic carbocycles. The third-order valence-corrected chi connectivity index (χ3v) is 4.57. The number of benzene rings is 1. The maximum absolute atomic E-state index is 12.4. The molecule has 5 heteroatoms. The molecule has 2 heterocycles. The summed E-state index contributed by atoms with van der Waals surface area (Å²) in [5, 5.41) is 1.81. The van der Waals surface area contributed by atoms with Gasteiger partial charge in [0.05, 0.1) is 5.52 Å². The molecule has 0 spiro atoms. The second-order valence-corrected chi connectivity index (χ2v) is 8.03. The zero-order valence-electron chi connectivity index (χ0n) is 14.6. The summed E-state index contributed by atoms with van der Waals surface area (Å²) in [7, 11) is 0. The van der Waals surface area contributed by atoms with Gasteiger partial charge in [0, 0.05) is 54.9 Å². The minimum Gasteiger partial charge on any atom is -0.367 e. The van der Waals surface area contributed by atoms with Gasteiger partial charge in [-0.15, -0.1) is 0 Å². The van der Waals surface area contributed by atoms with Gasteiger partial charge in [0.15, 0.2) is 0 Å². The number of carbonyl (C=O) groups is 1. The van der Waals surface area contributed by atoms with Crippen molar-refractivity contribution in [3.05, 3.63) is 35.5 Å². The van der Waals surface area contributed by atoms with Gasteiger partial charge in [-0.2, -0.15) is 0 Å². The third kappa shape index (κ3) is 3.81. The molecule has 2 aromatic rings. The van der Waals surface area contributed by atoms with Gasteiger partial charge in [-0.05, 0) is 29.7 Å². The molecular weight excluding hydrogens is 322 g/mol. The normalized spacial score (nSPS) is 15.8. The van der Waals surface area contributed by atoms with E-state index in [0.29, 0.717) is 11.4 Å². The zero-order chi connectivity index (χ0) is 17.3. The van der Waals surface area contributed by atoms with Crippen molar-refractivity contribution in [3.63, 3.8) is 0 Å². The predicted octanol–water partition coefficient (Wildman–Crippen LogP) is 3.97. The van der Waals surface area contributed by atoms with E-state index in [1.807, 2.05) is 35.4 Å². The Hall–Kier alpha value is -1.81. The van der Waals surface area contributed by atoms with Crippen LogP contribution in [0.5, 0.6) is 0 Å². The summed E-state index contributed by atoms with van der Waals surface area (Å²) in [6, 6.07) is 7.86. The molecule has 1 saturated heterocycles. The van der Waals surface area contributed by atoms with E-state index in [1.165, 1.54) is 5.69 Å². The van der Waals surface area contributed by atoms with E-state index in [2.05, 4.69) is 30.7 Å². The van der Waals surface area contributed by atoms with E-state index in [0.717, 1.165) is 37.1 Å². The molecule has 0 radical (unpaired) electrons. The first-order valence-electron chi connectivity index (χ1n) is 8.40. The predicted molar refractivity (Wildman–Crippen MR) is 99.6 cm³/mol. The van der Waals surface area contributed by atoms with E-state index in [9.17, 15) is 4.79 Å². The van der Waals surface area contributed by atoms with Crippen molar-refractivity contribution in [2.24, 2.45) is 5.41 Å². The number of fused-ring (bicyclic) bond motifs is 1. The largest absolute Gasteiger partial charge is 0.367 e. The monoisotopic (exact) mass is 345 g/mol. The molecule has 0 unspecified atom stereocenters. The fraction of sp³-hybridized carbons (Fsp3) is 0.474. The van der Waals surface area contributed by atoms with Gasteiger partial charge in [-0.1, -0.05) is 32.4 Å². The summed E-state index contributed by atoms with van der Waals surface area (Å²) in [4.78, 5) is 21.1. The summed E-state index contributed by atoms with van der Waals surface area (Å²) in [6.45, 7) is 9.55. The highest BCUT2D eigenvalue weighted by Gasteiger charge is 2.25. The van der Waals surface area contributed by atoms with E-state index in [4.69, 9.17) is 11.6 Å². The molecule has 4 nitrogen and oxygen atoms in total. The molecule has 0 atom stereocenters. The van der Waals surface area contributed by atoms with Crippen LogP contribution in [0.2, 0.25) is 5.02 Å². The summed E-state index contributed by atoms with van der Waals surface area (Å²) in [5.41, 5.74) is 2.11. The van der Waals surface area contributed by atoms with Crippen LogP contribution < -0.4 is 4.90 Å². The van der Waals surface area contributed by atoms with Crippen LogP contribution in [-0.2, 0) is 4.79 Å². The number of piperazine rings is 1. The van der Waals surface area contributed by atoms with Crippen LogP contribution in [0.4, 0.5) is 5.69 Å². The molecule has 128 valence electrons. The second-order valence-electron chi connectivity index (χ2n) is 7.60. The lowest BCUT2D eigenvalue weighted by Crippen LogP contribution is -2.49. The van der Waals surface area contributed by atoms with E-state index in [-0.39, 0.29) is 11.3 Å². The summed E-state index contributed by atoms with van der Waals surface area (Å²) in [5.74, 6) is 0.258. The van der Waals surface area contributed by atoms with Crippen LogP contribution in [0, 0.1) is 5.41 Å². The van der Waals surface area contributed by atoms with Crippen molar-refractivity contribution in [3.8, 4) is 0 Å². The Balaban J connectivity index is 1.72. The quantitative estimate of drug-likeness (QED) is 0.826. The molecule has 1 aliphatic rings. The average Bonchev–Trinajstić information content (AvgIpc) is 2.52. The van der Waals surface area contributed by atoms with Crippen molar-refractivity contribution in [2.75, 3.05) is 31.1 Å². The number of halogens is 1. The van der Waals surface area contributed by atoms with Crippen LogP contribution in [0.15, 0.2) is 30.5 Å². The van der Waals surface area contributed by atoms with Crippen molar-refractivity contribution in [1.82, 2.24) is 9.88 Å². The molecule has 1 aliphatic heterocycles. The zero-order valence-corrected chi connectivity index (χ0v) is 15.3. The number of rotatable bonds is 2. The number of aromatic nitrogens is 1. The Labute approximate surface area is 148 Å². The van der Waals surface area contributed by atoms with Gasteiger partial charge in [-0.25, -0.2) is 0 Å². The second kappa shape index (κ2) is 6.60. The number of nitrogens with zero attached hydrogens (tertiary/aromatic N) is 3. The van der Waals surface area contributed by atoms with Gasteiger partial charge < -0.3 is 9.80 Å². The molecule has 1 aromatic heterocycles. The Morgan fingerprint density at radius 3 is 2.54 bits per heavy atom. The molecular formula is C19H24ClN3O. The van der Waals surface area contributed by atoms with E-state index in [1.54, 1.807) is 0 Å². The molecule has 0 saturated carbocycles. The summed E-state index contributed by atoms with van der Waals surface area (Å²) < 4.78 is 0. The van der Waals surface area contributed by atoms with Crippen LogP contribution >= 0.6 is 11.6 Å². The first-order valence-corrected chi connectivity index (χ1v) is 8.78. The van der Waals surface area contributed by atoms with Gasteiger partial charge in [0.2, 0.25) is 5.91 Å². The van der Waals surface area contributed by atoms with Crippen molar-refractivity contribution >= 4 is 34.1 Å². The first-order chi connectivity index (χ1) is 11.3. The molecule has 1 amide bonds. The number of amides is 1. The molecule has 3 rings (SSSR count). The fourth-order valence-corrected chi connectivity index (χ4v) is 3.31. The molecule has 0 aliphatic carbocycles. The minimum atomic E-state index is 0.0365. The number of hydrogen-bond donors (Lipinski definition) is 0. The smallest absolute Gasteiger partial charge is 0.223 e. The summed E-state index contributed by atoms with van der Waals surface area (Å²) in [6.07, 6.45) is 2.43. The van der Waals surface area contributed by atoms with Crippen molar-refractivity contribution < 1.29 is 4.79 Å². The minimum absolute atomic E-state index is 0.0365. The Morgan fingerprint density at radius 2 is 1.88 bits per heavy atom. The third-order valence-electron chi connectivity index (χ3n) is 4.34. The number of anilines is 1. The van der Waals surface area contributed by atoms with Gasteiger partial charge in [-0.3, -0.25) is 9.78 Å². The summed E-state index contributed by atoms with van der Waals surface area (Å²) >= 11 is 6.07. The Bertz CT molecular complexity index is 746. The van der Waals surface area contributed by atoms with Crippen molar-refractivity contribution in [2.45, 2.75) is 27.2 Å². The Kier molecular flexibility index (Phi) is 4.68. The number of pyridine rings is 1. The van der Waals surface area contributed by atoms with Crippen LogP contribution in [0.25, 0.3) is 10.9 Å². The number of carbonyl (C=O) groups excluding carboxylic acids is 1.